The van der Waals surface area contributed by atoms with Gasteiger partial charge < -0.3 is 15.2 Å². The van der Waals surface area contributed by atoms with Crippen LogP contribution in [-0.2, 0) is 9.59 Å². The van der Waals surface area contributed by atoms with Gasteiger partial charge in [-0.2, -0.15) is 11.8 Å². The molecule has 0 radical (unpaired) electrons. The van der Waals surface area contributed by atoms with Gasteiger partial charge >= 0.3 is 5.97 Å². The number of benzene rings is 1. The highest BCUT2D eigenvalue weighted by Crippen LogP contribution is 2.16. The number of anilines is 1. The molecule has 110 valence electrons. The molecule has 0 aliphatic rings. The van der Waals surface area contributed by atoms with Gasteiger partial charge in [-0.05, 0) is 36.9 Å². The number of ether oxygens (including phenoxy) is 1. The smallest absolute Gasteiger partial charge is 0.303 e. The number of nitrogens with one attached hydrogen (secondary N) is 1. The van der Waals surface area contributed by atoms with Gasteiger partial charge in [0.2, 0.25) is 5.91 Å². The van der Waals surface area contributed by atoms with Crippen molar-refractivity contribution < 1.29 is 19.4 Å². The molecule has 0 atom stereocenters. The molecule has 1 aromatic rings. The number of carbonyl (C=O) groups is 2. The normalized spacial score (nSPS) is 10.1. The summed E-state index contributed by atoms with van der Waals surface area (Å²) in [6, 6.07) is 7.04. The zero-order valence-corrected chi connectivity index (χ0v) is 12.2. The van der Waals surface area contributed by atoms with E-state index < -0.39 is 5.97 Å². The van der Waals surface area contributed by atoms with E-state index in [1.165, 1.54) is 0 Å². The van der Waals surface area contributed by atoms with Gasteiger partial charge in [-0.25, -0.2) is 0 Å². The van der Waals surface area contributed by atoms with Crippen LogP contribution in [0.4, 0.5) is 5.69 Å². The van der Waals surface area contributed by atoms with E-state index in [2.05, 4.69) is 5.32 Å². The molecular formula is C14H19NO4S. The van der Waals surface area contributed by atoms with Crippen molar-refractivity contribution in [1.82, 2.24) is 0 Å². The molecule has 0 aliphatic carbocycles. The molecule has 2 N–H and O–H groups in total. The Kier molecular flexibility index (Phi) is 7.57. The zero-order valence-electron chi connectivity index (χ0n) is 11.4. The van der Waals surface area contributed by atoms with Gasteiger partial charge in [-0.1, -0.05) is 0 Å². The lowest BCUT2D eigenvalue weighted by Crippen LogP contribution is -2.12. The quantitative estimate of drug-likeness (QED) is 0.685. The number of carboxylic acid groups (broad SMARTS) is 1. The lowest BCUT2D eigenvalue weighted by Gasteiger charge is -2.07. The summed E-state index contributed by atoms with van der Waals surface area (Å²) in [7, 11) is 0. The number of hydrogen-bond donors (Lipinski definition) is 2. The first-order chi connectivity index (χ1) is 9.61. The molecule has 0 heterocycles. The summed E-state index contributed by atoms with van der Waals surface area (Å²) in [5, 5.41) is 11.3. The van der Waals surface area contributed by atoms with Gasteiger partial charge in [0.15, 0.2) is 0 Å². The Labute approximate surface area is 122 Å². The third-order valence-corrected chi connectivity index (χ3v) is 3.09. The van der Waals surface area contributed by atoms with Crippen molar-refractivity contribution in [3.63, 3.8) is 0 Å². The standard InChI is InChI=1S/C14H19NO4S/c1-20-10-8-13(16)15-11-4-6-12(7-5-11)19-9-2-3-14(17)18/h4-7H,2-3,8-10H2,1H3,(H,15,16)(H,17,18). The fourth-order valence-electron chi connectivity index (χ4n) is 1.47. The summed E-state index contributed by atoms with van der Waals surface area (Å²) in [6.07, 6.45) is 3.03. The summed E-state index contributed by atoms with van der Waals surface area (Å²) in [6.45, 7) is 0.367. The topological polar surface area (TPSA) is 75.6 Å². The first-order valence-electron chi connectivity index (χ1n) is 6.35. The molecule has 5 nitrogen and oxygen atoms in total. The van der Waals surface area contributed by atoms with Crippen LogP contribution in [0.5, 0.6) is 5.75 Å². The first-order valence-corrected chi connectivity index (χ1v) is 7.74. The highest BCUT2D eigenvalue weighted by Gasteiger charge is 2.02. The fraction of sp³-hybridized carbons (Fsp3) is 0.429. The van der Waals surface area contributed by atoms with Crippen LogP contribution in [0.25, 0.3) is 0 Å². The lowest BCUT2D eigenvalue weighted by molar-refractivity contribution is -0.137. The van der Waals surface area contributed by atoms with Gasteiger partial charge in [0.05, 0.1) is 6.61 Å². The molecule has 1 aromatic carbocycles. The van der Waals surface area contributed by atoms with Crippen LogP contribution < -0.4 is 10.1 Å². The number of carbonyl (C=O) groups excluding carboxylic acids is 1. The van der Waals surface area contributed by atoms with E-state index in [1.807, 2.05) is 6.26 Å². The van der Waals surface area contributed by atoms with Crippen LogP contribution >= 0.6 is 11.8 Å². The SMILES string of the molecule is CSCCC(=O)Nc1ccc(OCCCC(=O)O)cc1. The van der Waals surface area contributed by atoms with Gasteiger partial charge in [-0.3, -0.25) is 9.59 Å². The predicted octanol–water partition coefficient (Wildman–Crippen LogP) is 2.62. The maximum atomic E-state index is 11.5. The summed E-state index contributed by atoms with van der Waals surface area (Å²) < 4.78 is 5.40. The minimum Gasteiger partial charge on any atom is -0.494 e. The third-order valence-electron chi connectivity index (χ3n) is 2.48. The van der Waals surface area contributed by atoms with Gasteiger partial charge in [-0.15, -0.1) is 0 Å². The van der Waals surface area contributed by atoms with E-state index >= 15 is 0 Å². The van der Waals surface area contributed by atoms with Crippen molar-refractivity contribution in [2.45, 2.75) is 19.3 Å². The minimum atomic E-state index is -0.822. The second-order valence-corrected chi connectivity index (χ2v) is 5.15. The highest BCUT2D eigenvalue weighted by molar-refractivity contribution is 7.98. The first kappa shape index (κ1) is 16.4. The largest absolute Gasteiger partial charge is 0.494 e. The monoisotopic (exact) mass is 297 g/mol. The summed E-state index contributed by atoms with van der Waals surface area (Å²) in [5.41, 5.74) is 0.731. The molecule has 0 fully saturated rings. The average molecular weight is 297 g/mol. The molecule has 0 aliphatic heterocycles. The Hall–Kier alpha value is -1.69. The molecule has 0 bridgehead atoms. The van der Waals surface area contributed by atoms with Crippen molar-refractivity contribution in [3.05, 3.63) is 24.3 Å². The van der Waals surface area contributed by atoms with Crippen LogP contribution in [0, 0.1) is 0 Å². The maximum Gasteiger partial charge on any atom is 0.303 e. The van der Waals surface area contributed by atoms with Gasteiger partial charge in [0.1, 0.15) is 5.75 Å². The van der Waals surface area contributed by atoms with E-state index in [4.69, 9.17) is 9.84 Å². The van der Waals surface area contributed by atoms with E-state index in [-0.39, 0.29) is 12.3 Å². The Bertz CT molecular complexity index is 433. The predicted molar refractivity (Wildman–Crippen MR) is 80.4 cm³/mol. The molecule has 20 heavy (non-hydrogen) atoms. The Morgan fingerprint density at radius 3 is 2.55 bits per heavy atom. The van der Waals surface area contributed by atoms with Crippen LogP contribution in [0.1, 0.15) is 19.3 Å². The molecule has 1 amide bonds. The third kappa shape index (κ3) is 7.04. The summed E-state index contributed by atoms with van der Waals surface area (Å²) in [4.78, 5) is 21.9. The summed E-state index contributed by atoms with van der Waals surface area (Å²) >= 11 is 1.63. The van der Waals surface area contributed by atoms with Gasteiger partial charge in [0.25, 0.3) is 0 Å². The molecule has 0 saturated heterocycles. The van der Waals surface area contributed by atoms with Crippen molar-refractivity contribution in [3.8, 4) is 5.75 Å². The number of rotatable bonds is 9. The zero-order chi connectivity index (χ0) is 14.8. The Morgan fingerprint density at radius 2 is 1.95 bits per heavy atom. The molecular weight excluding hydrogens is 278 g/mol. The van der Waals surface area contributed by atoms with Crippen LogP contribution in [0.3, 0.4) is 0 Å². The van der Waals surface area contributed by atoms with E-state index in [9.17, 15) is 9.59 Å². The van der Waals surface area contributed by atoms with Gasteiger partial charge in [0, 0.05) is 24.3 Å². The van der Waals surface area contributed by atoms with Crippen LogP contribution in [-0.4, -0.2) is 35.6 Å². The minimum absolute atomic E-state index is 0.00511. The molecule has 1 rings (SSSR count). The molecule has 6 heteroatoms. The average Bonchev–Trinajstić information content (AvgIpc) is 2.43. The molecule has 0 unspecified atom stereocenters. The Balaban J connectivity index is 2.32. The second-order valence-electron chi connectivity index (χ2n) is 4.16. The van der Waals surface area contributed by atoms with Crippen molar-refractivity contribution in [2.24, 2.45) is 0 Å². The van der Waals surface area contributed by atoms with E-state index in [0.717, 1.165) is 11.4 Å². The van der Waals surface area contributed by atoms with Crippen LogP contribution in [0.2, 0.25) is 0 Å². The van der Waals surface area contributed by atoms with E-state index in [1.54, 1.807) is 36.0 Å². The number of amides is 1. The fourth-order valence-corrected chi connectivity index (χ4v) is 1.86. The van der Waals surface area contributed by atoms with E-state index in [0.29, 0.717) is 25.2 Å². The molecule has 0 saturated carbocycles. The molecule has 0 spiro atoms. The number of thioether (sulfide) groups is 1. The van der Waals surface area contributed by atoms with Crippen LogP contribution in [0.15, 0.2) is 24.3 Å². The van der Waals surface area contributed by atoms with Crippen molar-refractivity contribution in [2.75, 3.05) is 23.9 Å². The number of hydrogen-bond acceptors (Lipinski definition) is 4. The summed E-state index contributed by atoms with van der Waals surface area (Å²) in [5.74, 6) is 0.639. The maximum absolute atomic E-state index is 11.5. The highest BCUT2D eigenvalue weighted by atomic mass is 32.2. The Morgan fingerprint density at radius 1 is 1.25 bits per heavy atom. The molecule has 0 aromatic heterocycles. The number of aliphatic carboxylic acids is 1. The second kappa shape index (κ2) is 9.25. The van der Waals surface area contributed by atoms with Crippen molar-refractivity contribution in [1.29, 1.82) is 0 Å². The number of carboxylic acids is 1. The van der Waals surface area contributed by atoms with Crippen molar-refractivity contribution >= 4 is 29.3 Å². The lowest BCUT2D eigenvalue weighted by atomic mass is 10.3.